The highest BCUT2D eigenvalue weighted by molar-refractivity contribution is 4.84. The van der Waals surface area contributed by atoms with Crippen molar-refractivity contribution in [1.82, 2.24) is 5.32 Å². The second kappa shape index (κ2) is 5.46. The van der Waals surface area contributed by atoms with Crippen LogP contribution in [0.4, 0.5) is 4.39 Å². The fourth-order valence-electron chi connectivity index (χ4n) is 2.00. The van der Waals surface area contributed by atoms with Crippen molar-refractivity contribution < 1.29 is 9.13 Å². The molecule has 1 fully saturated rings. The van der Waals surface area contributed by atoms with Gasteiger partial charge < -0.3 is 10.1 Å². The normalized spacial score (nSPS) is 26.4. The first-order valence-electron chi connectivity index (χ1n) is 6.29. The zero-order chi connectivity index (χ0) is 12.2. The Morgan fingerprint density at radius 3 is 2.44 bits per heavy atom. The zero-order valence-corrected chi connectivity index (χ0v) is 11.1. The lowest BCUT2D eigenvalue weighted by atomic mass is 9.84. The van der Waals surface area contributed by atoms with E-state index in [2.05, 4.69) is 26.1 Å². The highest BCUT2D eigenvalue weighted by atomic mass is 19.1. The molecule has 3 heteroatoms. The highest BCUT2D eigenvalue weighted by Crippen LogP contribution is 2.30. The molecule has 0 radical (unpaired) electrons. The number of morpholine rings is 1. The van der Waals surface area contributed by atoms with E-state index < -0.39 is 5.67 Å². The lowest BCUT2D eigenvalue weighted by Crippen LogP contribution is -2.45. The van der Waals surface area contributed by atoms with E-state index >= 15 is 0 Å². The average Bonchev–Trinajstić information content (AvgIpc) is 2.15. The summed E-state index contributed by atoms with van der Waals surface area (Å²) in [6.07, 6.45) is 2.12. The number of ether oxygens (including phenoxy) is 1. The predicted molar refractivity (Wildman–Crippen MR) is 65.4 cm³/mol. The monoisotopic (exact) mass is 231 g/mol. The summed E-state index contributed by atoms with van der Waals surface area (Å²) in [5.41, 5.74) is -0.866. The van der Waals surface area contributed by atoms with Gasteiger partial charge in [-0.3, -0.25) is 0 Å². The number of nitrogens with one attached hydrogen (secondary N) is 1. The molecule has 2 unspecified atom stereocenters. The number of alkyl halides is 1. The van der Waals surface area contributed by atoms with Gasteiger partial charge in [0.05, 0.1) is 13.2 Å². The summed E-state index contributed by atoms with van der Waals surface area (Å²) in [5.74, 6) is 0. The molecular weight excluding hydrogens is 205 g/mol. The van der Waals surface area contributed by atoms with Gasteiger partial charge in [0, 0.05) is 12.6 Å². The van der Waals surface area contributed by atoms with Gasteiger partial charge in [-0.05, 0) is 31.6 Å². The van der Waals surface area contributed by atoms with Crippen LogP contribution in [0.5, 0.6) is 0 Å². The van der Waals surface area contributed by atoms with Crippen LogP contribution in [0.3, 0.4) is 0 Å². The summed E-state index contributed by atoms with van der Waals surface area (Å²) in [4.78, 5) is 0. The van der Waals surface area contributed by atoms with Gasteiger partial charge in [-0.1, -0.05) is 20.8 Å². The Morgan fingerprint density at radius 1 is 1.25 bits per heavy atom. The van der Waals surface area contributed by atoms with Crippen LogP contribution in [-0.2, 0) is 4.74 Å². The largest absolute Gasteiger partial charge is 0.379 e. The Hall–Kier alpha value is -0.150. The number of halogens is 1. The highest BCUT2D eigenvalue weighted by Gasteiger charge is 2.30. The van der Waals surface area contributed by atoms with Crippen molar-refractivity contribution in [2.24, 2.45) is 5.41 Å². The molecule has 0 spiro atoms. The van der Waals surface area contributed by atoms with Crippen molar-refractivity contribution >= 4 is 0 Å². The molecule has 1 aliphatic heterocycles. The molecule has 0 aromatic rings. The Labute approximate surface area is 98.9 Å². The molecule has 1 heterocycles. The van der Waals surface area contributed by atoms with E-state index in [1.165, 1.54) is 0 Å². The summed E-state index contributed by atoms with van der Waals surface area (Å²) in [6.45, 7) is 10.4. The summed E-state index contributed by atoms with van der Waals surface area (Å²) in [5, 5.41) is 3.31. The number of hydrogen-bond donors (Lipinski definition) is 1. The summed E-state index contributed by atoms with van der Waals surface area (Å²) < 4.78 is 19.7. The molecule has 1 N–H and O–H groups in total. The van der Waals surface area contributed by atoms with Crippen LogP contribution in [0.2, 0.25) is 0 Å². The Kier molecular flexibility index (Phi) is 4.74. The van der Waals surface area contributed by atoms with Crippen molar-refractivity contribution in [2.45, 2.75) is 58.7 Å². The molecule has 16 heavy (non-hydrogen) atoms. The minimum atomic E-state index is -1.08. The van der Waals surface area contributed by atoms with E-state index in [0.717, 1.165) is 19.6 Å². The Balaban J connectivity index is 2.32. The van der Waals surface area contributed by atoms with Crippen LogP contribution in [0, 0.1) is 5.41 Å². The van der Waals surface area contributed by atoms with Crippen molar-refractivity contribution in [2.75, 3.05) is 19.8 Å². The summed E-state index contributed by atoms with van der Waals surface area (Å²) in [7, 11) is 0. The van der Waals surface area contributed by atoms with Gasteiger partial charge in [-0.25, -0.2) is 4.39 Å². The number of rotatable bonds is 4. The molecule has 96 valence electrons. The van der Waals surface area contributed by atoms with Crippen molar-refractivity contribution in [3.63, 3.8) is 0 Å². The van der Waals surface area contributed by atoms with Gasteiger partial charge in [-0.15, -0.1) is 0 Å². The van der Waals surface area contributed by atoms with Gasteiger partial charge in [0.1, 0.15) is 5.67 Å². The second-order valence-corrected chi connectivity index (χ2v) is 6.40. The topological polar surface area (TPSA) is 21.3 Å². The first-order chi connectivity index (χ1) is 7.29. The van der Waals surface area contributed by atoms with Gasteiger partial charge in [0.25, 0.3) is 0 Å². The standard InChI is InChI=1S/C13H26FNO/c1-12(2,3)5-6-13(4,14)9-11-10-16-8-7-15-11/h11,15H,5-10H2,1-4H3. The molecule has 2 atom stereocenters. The fourth-order valence-corrected chi connectivity index (χ4v) is 2.00. The predicted octanol–water partition coefficient (Wildman–Crippen LogP) is 2.92. The molecule has 0 aromatic heterocycles. The third-order valence-electron chi connectivity index (χ3n) is 3.07. The molecule has 0 aliphatic carbocycles. The van der Waals surface area contributed by atoms with E-state index in [0.29, 0.717) is 19.4 Å². The van der Waals surface area contributed by atoms with Gasteiger partial charge in [0.15, 0.2) is 0 Å². The van der Waals surface area contributed by atoms with Crippen LogP contribution in [0.25, 0.3) is 0 Å². The Bertz CT molecular complexity index is 204. The molecule has 1 aliphatic rings. The minimum Gasteiger partial charge on any atom is -0.379 e. The zero-order valence-electron chi connectivity index (χ0n) is 11.1. The molecule has 1 rings (SSSR count). The first kappa shape index (κ1) is 13.9. The molecule has 0 amide bonds. The van der Waals surface area contributed by atoms with Crippen molar-refractivity contribution in [1.29, 1.82) is 0 Å². The molecule has 0 saturated carbocycles. The Morgan fingerprint density at radius 2 is 1.94 bits per heavy atom. The van der Waals surface area contributed by atoms with E-state index in [-0.39, 0.29) is 11.5 Å². The van der Waals surface area contributed by atoms with Crippen LogP contribution < -0.4 is 5.32 Å². The van der Waals surface area contributed by atoms with Crippen LogP contribution in [0.15, 0.2) is 0 Å². The minimum absolute atomic E-state index is 0.184. The summed E-state index contributed by atoms with van der Waals surface area (Å²) in [6, 6.07) is 0.184. The molecule has 1 saturated heterocycles. The smallest absolute Gasteiger partial charge is 0.109 e. The molecule has 0 aromatic carbocycles. The maximum absolute atomic E-state index is 14.3. The van der Waals surface area contributed by atoms with Crippen LogP contribution in [0.1, 0.15) is 47.0 Å². The van der Waals surface area contributed by atoms with E-state index in [4.69, 9.17) is 4.74 Å². The van der Waals surface area contributed by atoms with E-state index in [1.807, 2.05) is 0 Å². The van der Waals surface area contributed by atoms with E-state index in [9.17, 15) is 4.39 Å². The molecule has 2 nitrogen and oxygen atoms in total. The van der Waals surface area contributed by atoms with Gasteiger partial charge in [-0.2, -0.15) is 0 Å². The maximum atomic E-state index is 14.3. The van der Waals surface area contributed by atoms with Crippen LogP contribution >= 0.6 is 0 Å². The third-order valence-corrected chi connectivity index (χ3v) is 3.07. The first-order valence-corrected chi connectivity index (χ1v) is 6.29. The quantitative estimate of drug-likeness (QED) is 0.803. The maximum Gasteiger partial charge on any atom is 0.109 e. The van der Waals surface area contributed by atoms with Crippen molar-refractivity contribution in [3.05, 3.63) is 0 Å². The lowest BCUT2D eigenvalue weighted by molar-refractivity contribution is 0.0424. The lowest BCUT2D eigenvalue weighted by Gasteiger charge is -2.31. The molecular formula is C13H26FNO. The van der Waals surface area contributed by atoms with E-state index in [1.54, 1.807) is 6.92 Å². The second-order valence-electron chi connectivity index (χ2n) is 6.40. The SMILES string of the molecule is CC(C)(C)CCC(C)(F)CC1COCCN1. The van der Waals surface area contributed by atoms with Crippen molar-refractivity contribution in [3.8, 4) is 0 Å². The third kappa shape index (κ3) is 5.80. The summed E-state index contributed by atoms with van der Waals surface area (Å²) >= 11 is 0. The number of hydrogen-bond acceptors (Lipinski definition) is 2. The molecule has 0 bridgehead atoms. The van der Waals surface area contributed by atoms with Gasteiger partial charge in [0.2, 0.25) is 0 Å². The average molecular weight is 231 g/mol. The van der Waals surface area contributed by atoms with Gasteiger partial charge >= 0.3 is 0 Å². The fraction of sp³-hybridized carbons (Fsp3) is 1.00. The van der Waals surface area contributed by atoms with Crippen LogP contribution in [-0.4, -0.2) is 31.5 Å².